The number of anilines is 2. The molecule has 1 N–H and O–H groups in total. The first kappa shape index (κ1) is 23.1. The van der Waals surface area contributed by atoms with Crippen LogP contribution in [-0.4, -0.2) is 35.1 Å². The van der Waals surface area contributed by atoms with E-state index in [9.17, 15) is 21.6 Å². The number of carbonyl (C=O) groups excluding carboxylic acids is 1. The molecule has 1 amide bonds. The molecule has 10 heteroatoms. The van der Waals surface area contributed by atoms with Gasteiger partial charge in [0.05, 0.1) is 24.0 Å². The second-order valence-corrected chi connectivity index (χ2v) is 11.2. The summed E-state index contributed by atoms with van der Waals surface area (Å²) in [5.74, 6) is -1.25. The molecule has 1 atom stereocenters. The summed E-state index contributed by atoms with van der Waals surface area (Å²) in [5, 5.41) is 0. The number of ether oxygens (including phenoxy) is 1. The number of hydrogen-bond donors (Lipinski definition) is 1. The highest BCUT2D eigenvalue weighted by atomic mass is 32.2. The van der Waals surface area contributed by atoms with E-state index < -0.39 is 31.9 Å². The Hall–Kier alpha value is -2.59. The van der Waals surface area contributed by atoms with Crippen LogP contribution in [0, 0.1) is 5.92 Å². The van der Waals surface area contributed by atoms with Crippen molar-refractivity contribution >= 4 is 37.3 Å². The van der Waals surface area contributed by atoms with Gasteiger partial charge in [0.1, 0.15) is 10.6 Å². The minimum absolute atomic E-state index is 0.0340. The Bertz CT molecular complexity index is 1190. The molecule has 0 radical (unpaired) electrons. The van der Waals surface area contributed by atoms with Gasteiger partial charge in [-0.1, -0.05) is 32.9 Å². The summed E-state index contributed by atoms with van der Waals surface area (Å²) >= 11 is 0. The highest BCUT2D eigenvalue weighted by Crippen LogP contribution is 2.35. The summed E-state index contributed by atoms with van der Waals surface area (Å²) in [7, 11) is -8.00. The van der Waals surface area contributed by atoms with Crippen molar-refractivity contribution in [1.29, 1.82) is 0 Å². The summed E-state index contributed by atoms with van der Waals surface area (Å²) < 4.78 is 59.8. The van der Waals surface area contributed by atoms with E-state index in [1.165, 1.54) is 19.1 Å². The first-order valence-corrected chi connectivity index (χ1v) is 13.0. The van der Waals surface area contributed by atoms with E-state index in [0.717, 1.165) is 11.6 Å². The quantitative estimate of drug-likeness (QED) is 0.670. The molecule has 31 heavy (non-hydrogen) atoms. The van der Waals surface area contributed by atoms with Gasteiger partial charge in [0.15, 0.2) is 0 Å². The number of benzene rings is 2. The molecule has 1 saturated heterocycles. The maximum Gasteiger partial charge on any atom is 0.265 e. The van der Waals surface area contributed by atoms with E-state index in [0.29, 0.717) is 15.9 Å². The van der Waals surface area contributed by atoms with Crippen LogP contribution in [0.1, 0.15) is 39.2 Å². The average molecular weight is 467 g/mol. The molecule has 168 valence electrons. The Morgan fingerprint density at radius 1 is 1.16 bits per heavy atom. The van der Waals surface area contributed by atoms with Gasteiger partial charge in [-0.3, -0.25) is 9.52 Å². The fraction of sp³-hybridized carbons (Fsp3) is 0.381. The van der Waals surface area contributed by atoms with Crippen molar-refractivity contribution in [3.63, 3.8) is 0 Å². The van der Waals surface area contributed by atoms with E-state index in [1.54, 1.807) is 19.1 Å². The van der Waals surface area contributed by atoms with Crippen LogP contribution < -0.4 is 13.8 Å². The molecule has 1 aliphatic heterocycles. The molecule has 0 saturated carbocycles. The predicted molar refractivity (Wildman–Crippen MR) is 119 cm³/mol. The van der Waals surface area contributed by atoms with Gasteiger partial charge in [0.25, 0.3) is 10.0 Å². The molecule has 2 aromatic carbocycles. The van der Waals surface area contributed by atoms with Gasteiger partial charge in [0, 0.05) is 5.69 Å². The van der Waals surface area contributed by atoms with Crippen LogP contribution in [0.15, 0.2) is 47.4 Å². The lowest BCUT2D eigenvalue weighted by Crippen LogP contribution is -2.30. The second-order valence-electron chi connectivity index (χ2n) is 7.73. The van der Waals surface area contributed by atoms with E-state index in [-0.39, 0.29) is 28.7 Å². The van der Waals surface area contributed by atoms with Crippen molar-refractivity contribution in [3.8, 4) is 5.75 Å². The van der Waals surface area contributed by atoms with Gasteiger partial charge in [0.2, 0.25) is 15.9 Å². The smallest absolute Gasteiger partial charge is 0.265 e. The van der Waals surface area contributed by atoms with Crippen LogP contribution >= 0.6 is 0 Å². The van der Waals surface area contributed by atoms with E-state index >= 15 is 0 Å². The van der Waals surface area contributed by atoms with Crippen molar-refractivity contribution in [2.45, 2.75) is 38.5 Å². The maximum absolute atomic E-state index is 13.1. The molecule has 1 aliphatic rings. The Labute approximate surface area is 183 Å². The maximum atomic E-state index is 13.1. The zero-order chi connectivity index (χ0) is 23.0. The molecule has 1 fully saturated rings. The normalized spacial score (nSPS) is 18.4. The Morgan fingerprint density at radius 2 is 1.81 bits per heavy atom. The lowest BCUT2D eigenvalue weighted by molar-refractivity contribution is -0.119. The Balaban J connectivity index is 2.03. The summed E-state index contributed by atoms with van der Waals surface area (Å²) in [6.45, 7) is 7.51. The molecule has 1 heterocycles. The van der Waals surface area contributed by atoms with Crippen LogP contribution in [0.4, 0.5) is 11.4 Å². The summed E-state index contributed by atoms with van der Waals surface area (Å²) in [6, 6.07) is 10.9. The van der Waals surface area contributed by atoms with Crippen LogP contribution in [0.5, 0.6) is 5.75 Å². The second kappa shape index (κ2) is 8.51. The lowest BCUT2D eigenvalue weighted by atomic mass is 10.0. The minimum Gasteiger partial charge on any atom is -0.492 e. The van der Waals surface area contributed by atoms with E-state index in [1.807, 2.05) is 26.0 Å². The number of rotatable bonds is 7. The number of nitrogens with one attached hydrogen (secondary N) is 1. The van der Waals surface area contributed by atoms with Gasteiger partial charge in [-0.05, 0) is 48.7 Å². The predicted octanol–water partition coefficient (Wildman–Crippen LogP) is 3.32. The van der Waals surface area contributed by atoms with Crippen LogP contribution in [0.3, 0.4) is 0 Å². The number of nitrogens with zero attached hydrogens (tertiary/aromatic N) is 1. The van der Waals surface area contributed by atoms with Crippen molar-refractivity contribution in [1.82, 2.24) is 0 Å². The highest BCUT2D eigenvalue weighted by molar-refractivity contribution is 7.94. The van der Waals surface area contributed by atoms with Gasteiger partial charge in [-0.2, -0.15) is 0 Å². The topological polar surface area (TPSA) is 110 Å². The molecular weight excluding hydrogens is 440 g/mol. The SMILES string of the molecule is CCOc1ccc(N2C(=O)C(C)CS2(=O)=O)cc1S(=O)(=O)Nc1ccc(C(C)C)cc1. The van der Waals surface area contributed by atoms with Crippen LogP contribution in [-0.2, 0) is 24.8 Å². The Kier molecular flexibility index (Phi) is 6.33. The first-order valence-electron chi connectivity index (χ1n) is 9.92. The van der Waals surface area contributed by atoms with Crippen molar-refractivity contribution < 1.29 is 26.4 Å². The number of carbonyl (C=O) groups is 1. The van der Waals surface area contributed by atoms with E-state index in [4.69, 9.17) is 4.74 Å². The molecule has 1 unspecified atom stereocenters. The average Bonchev–Trinajstić information content (AvgIpc) is 2.89. The third kappa shape index (κ3) is 4.69. The van der Waals surface area contributed by atoms with Crippen molar-refractivity contribution in [2.24, 2.45) is 5.92 Å². The largest absolute Gasteiger partial charge is 0.492 e. The summed E-state index contributed by atoms with van der Waals surface area (Å²) in [5.41, 5.74) is 1.39. The molecule has 3 rings (SSSR count). The standard InChI is InChI=1S/C21H26N2O6S2/c1-5-29-19-11-10-18(23-21(24)15(4)13-30(23,25)26)12-20(19)31(27,28)22-17-8-6-16(7-9-17)14(2)3/h6-12,14-15,22H,5,13H2,1-4H3. The molecule has 0 spiro atoms. The lowest BCUT2D eigenvalue weighted by Gasteiger charge is -2.19. The van der Waals surface area contributed by atoms with Gasteiger partial charge in [-0.15, -0.1) is 0 Å². The van der Waals surface area contributed by atoms with E-state index in [2.05, 4.69) is 4.72 Å². The third-order valence-electron chi connectivity index (χ3n) is 4.94. The number of sulfonamides is 2. The van der Waals surface area contributed by atoms with Crippen molar-refractivity contribution in [2.75, 3.05) is 21.4 Å². The summed E-state index contributed by atoms with van der Waals surface area (Å²) in [4.78, 5) is 12.2. The van der Waals surface area contributed by atoms with Crippen LogP contribution in [0.2, 0.25) is 0 Å². The molecule has 0 aromatic heterocycles. The monoisotopic (exact) mass is 466 g/mol. The Morgan fingerprint density at radius 3 is 2.32 bits per heavy atom. The first-order chi connectivity index (χ1) is 14.5. The zero-order valence-electron chi connectivity index (χ0n) is 17.8. The fourth-order valence-corrected chi connectivity index (χ4v) is 6.38. The third-order valence-corrected chi connectivity index (χ3v) is 8.21. The minimum atomic E-state index is -4.13. The van der Waals surface area contributed by atoms with Crippen molar-refractivity contribution in [3.05, 3.63) is 48.0 Å². The number of hydrogen-bond acceptors (Lipinski definition) is 6. The van der Waals surface area contributed by atoms with Crippen LogP contribution in [0.25, 0.3) is 0 Å². The number of amides is 1. The molecule has 2 aromatic rings. The van der Waals surface area contributed by atoms with Gasteiger partial charge >= 0.3 is 0 Å². The molecule has 8 nitrogen and oxygen atoms in total. The zero-order valence-corrected chi connectivity index (χ0v) is 19.5. The van der Waals surface area contributed by atoms with Gasteiger partial charge in [-0.25, -0.2) is 21.1 Å². The fourth-order valence-electron chi connectivity index (χ4n) is 3.34. The molecule has 0 bridgehead atoms. The summed E-state index contributed by atoms with van der Waals surface area (Å²) in [6.07, 6.45) is 0. The molecular formula is C21H26N2O6S2. The van der Waals surface area contributed by atoms with Gasteiger partial charge < -0.3 is 4.74 Å². The highest BCUT2D eigenvalue weighted by Gasteiger charge is 2.42. The molecule has 0 aliphatic carbocycles.